The Hall–Kier alpha value is -3.29. The molecule has 2 rings (SSSR count). The van der Waals surface area contributed by atoms with Crippen molar-refractivity contribution in [2.24, 2.45) is 16.7 Å². The molecule has 1 saturated carbocycles. The van der Waals surface area contributed by atoms with Gasteiger partial charge in [-0.2, -0.15) is 0 Å². The van der Waals surface area contributed by atoms with Crippen molar-refractivity contribution in [3.05, 3.63) is 23.8 Å². The zero-order valence-electron chi connectivity index (χ0n) is 21.7. The van der Waals surface area contributed by atoms with Crippen LogP contribution in [0.4, 0.5) is 0 Å². The Morgan fingerprint density at radius 2 is 1.32 bits per heavy atom. The molecule has 13 nitrogen and oxygen atoms in total. The number of unbranched alkanes of at least 4 members (excludes halogenated alkanes) is 1. The fraction of sp³-hybridized carbons (Fsp3) is 0.640. The Kier molecular flexibility index (Phi) is 18.3. The van der Waals surface area contributed by atoms with Crippen molar-refractivity contribution in [1.82, 2.24) is 0 Å². The number of carboxylic acids is 5. The average Bonchev–Trinajstić information content (AvgIpc) is 3.40. The van der Waals surface area contributed by atoms with Crippen molar-refractivity contribution >= 4 is 29.8 Å². The smallest absolute Gasteiger partial charge is 0.331 e. The van der Waals surface area contributed by atoms with Crippen molar-refractivity contribution < 1.29 is 64.8 Å². The largest absolute Gasteiger partial charge is 0.481 e. The van der Waals surface area contributed by atoms with Gasteiger partial charge in [-0.05, 0) is 44.4 Å². The topological polar surface area (TPSA) is 247 Å². The Morgan fingerprint density at radius 3 is 1.58 bits per heavy atom. The van der Waals surface area contributed by atoms with Gasteiger partial charge < -0.3 is 40.9 Å². The number of aliphatic hydroxyl groups is 3. The molecule has 0 aromatic heterocycles. The van der Waals surface area contributed by atoms with Gasteiger partial charge in [0.2, 0.25) is 0 Å². The van der Waals surface area contributed by atoms with Crippen LogP contribution in [-0.2, 0) is 24.0 Å². The lowest BCUT2D eigenvalue weighted by atomic mass is 9.78. The van der Waals surface area contributed by atoms with E-state index < -0.39 is 29.8 Å². The highest BCUT2D eigenvalue weighted by Gasteiger charge is 2.48. The Balaban J connectivity index is 0. The number of carboxylic acid groups (broad SMARTS) is 5. The molecule has 2 aliphatic carbocycles. The van der Waals surface area contributed by atoms with Crippen LogP contribution in [0.2, 0.25) is 0 Å². The summed E-state index contributed by atoms with van der Waals surface area (Å²) in [5.74, 6) is -4.59. The van der Waals surface area contributed by atoms with E-state index in [4.69, 9.17) is 40.9 Å². The third-order valence-electron chi connectivity index (χ3n) is 5.70. The fourth-order valence-electron chi connectivity index (χ4n) is 3.59. The number of allylic oxidation sites excluding steroid dienone is 1. The third kappa shape index (κ3) is 17.2. The Bertz CT molecular complexity index is 806. The van der Waals surface area contributed by atoms with E-state index in [0.717, 1.165) is 19.3 Å². The van der Waals surface area contributed by atoms with Crippen molar-refractivity contribution in [1.29, 1.82) is 0 Å². The monoisotopic (exact) mass is 548 g/mol. The SMILES string of the molecule is CC(C)(CO)CO.O=C(O)C1=CC2CCC1(CCO)C2.O=C(O)C=CC(=O)O.O=C(O)CCCCC(=O)O. The number of hydrogen-bond donors (Lipinski definition) is 8. The zero-order chi connectivity index (χ0) is 29.9. The lowest BCUT2D eigenvalue weighted by Crippen LogP contribution is -2.24. The normalized spacial score (nSPS) is 19.1. The molecular weight excluding hydrogens is 508 g/mol. The highest BCUT2D eigenvalue weighted by molar-refractivity contribution is 5.90. The molecule has 2 bridgehead atoms. The van der Waals surface area contributed by atoms with Gasteiger partial charge in [-0.1, -0.05) is 19.9 Å². The molecule has 0 aromatic carbocycles. The van der Waals surface area contributed by atoms with E-state index in [1.54, 1.807) is 13.8 Å². The summed E-state index contributed by atoms with van der Waals surface area (Å²) in [7, 11) is 0. The third-order valence-corrected chi connectivity index (χ3v) is 5.70. The predicted molar refractivity (Wildman–Crippen MR) is 133 cm³/mol. The quantitative estimate of drug-likeness (QED) is 0.128. The van der Waals surface area contributed by atoms with Gasteiger partial charge in [0.1, 0.15) is 0 Å². The lowest BCUT2D eigenvalue weighted by molar-refractivity contribution is -0.139. The standard InChI is InChI=1S/C10H14O3.C6H10O4.C5H12O2.C4H4O4/c11-4-3-10-2-1-7(6-10)5-8(10)9(12)13;7-5(8)3-1-2-4-6(9)10;1-5(2,3-6)4-7;5-3(6)1-2-4(7)8/h5,7,11H,1-4,6H2,(H,12,13);1-4H2,(H,7,8)(H,9,10);6-7H,3-4H2,1-2H3;1-2H,(H,5,6)(H,7,8). The van der Waals surface area contributed by atoms with Gasteiger partial charge in [0.25, 0.3) is 0 Å². The van der Waals surface area contributed by atoms with Gasteiger partial charge in [-0.25, -0.2) is 14.4 Å². The summed E-state index contributed by atoms with van der Waals surface area (Å²) in [5, 5.41) is 66.7. The van der Waals surface area contributed by atoms with Crippen LogP contribution in [0.25, 0.3) is 0 Å². The van der Waals surface area contributed by atoms with E-state index in [9.17, 15) is 24.0 Å². The van der Waals surface area contributed by atoms with Crippen LogP contribution in [0, 0.1) is 16.7 Å². The van der Waals surface area contributed by atoms with Crippen LogP contribution >= 0.6 is 0 Å². The maximum Gasteiger partial charge on any atom is 0.331 e. The molecule has 8 N–H and O–H groups in total. The van der Waals surface area contributed by atoms with E-state index >= 15 is 0 Å². The van der Waals surface area contributed by atoms with Crippen LogP contribution in [0.15, 0.2) is 23.8 Å². The first-order chi connectivity index (χ1) is 17.6. The van der Waals surface area contributed by atoms with Crippen LogP contribution in [0.3, 0.4) is 0 Å². The number of hydrogen-bond acceptors (Lipinski definition) is 8. The maximum atomic E-state index is 10.9. The second-order valence-electron chi connectivity index (χ2n) is 9.63. The Morgan fingerprint density at radius 1 is 0.868 bits per heavy atom. The molecule has 0 spiro atoms. The van der Waals surface area contributed by atoms with Crippen LogP contribution in [0.5, 0.6) is 0 Å². The summed E-state index contributed by atoms with van der Waals surface area (Å²) in [6.45, 7) is 3.78. The van der Waals surface area contributed by atoms with E-state index in [1.165, 1.54) is 0 Å². The highest BCUT2D eigenvalue weighted by atomic mass is 16.4. The van der Waals surface area contributed by atoms with Crippen LogP contribution in [0.1, 0.15) is 65.2 Å². The van der Waals surface area contributed by atoms with Gasteiger partial charge in [0.05, 0.1) is 13.2 Å². The summed E-state index contributed by atoms with van der Waals surface area (Å²) < 4.78 is 0. The second-order valence-corrected chi connectivity index (χ2v) is 9.63. The molecule has 0 amide bonds. The molecule has 2 aliphatic rings. The Labute approximate surface area is 220 Å². The van der Waals surface area contributed by atoms with Gasteiger partial charge in [0, 0.05) is 48.0 Å². The first kappa shape index (κ1) is 36.9. The first-order valence-electron chi connectivity index (χ1n) is 11.9. The van der Waals surface area contributed by atoms with Crippen molar-refractivity contribution in [2.45, 2.75) is 65.2 Å². The van der Waals surface area contributed by atoms with Crippen LogP contribution in [-0.4, -0.2) is 90.5 Å². The molecular formula is C25H40O13. The lowest BCUT2D eigenvalue weighted by Gasteiger charge is -2.26. The van der Waals surface area contributed by atoms with Gasteiger partial charge >= 0.3 is 29.8 Å². The predicted octanol–water partition coefficient (Wildman–Crippen LogP) is 1.60. The van der Waals surface area contributed by atoms with E-state index in [2.05, 4.69) is 0 Å². The average molecular weight is 549 g/mol. The minimum absolute atomic E-state index is 0.0451. The van der Waals surface area contributed by atoms with Gasteiger partial charge in [-0.15, -0.1) is 0 Å². The number of fused-ring (bicyclic) bond motifs is 2. The van der Waals surface area contributed by atoms with Crippen molar-refractivity contribution in [3.8, 4) is 0 Å². The molecule has 38 heavy (non-hydrogen) atoms. The first-order valence-corrected chi connectivity index (χ1v) is 11.9. The highest BCUT2D eigenvalue weighted by Crippen LogP contribution is 2.55. The minimum Gasteiger partial charge on any atom is -0.481 e. The molecule has 0 radical (unpaired) electrons. The summed E-state index contributed by atoms with van der Waals surface area (Å²) in [6, 6.07) is 0. The summed E-state index contributed by atoms with van der Waals surface area (Å²) in [6.07, 6.45) is 7.61. The molecule has 2 atom stereocenters. The van der Waals surface area contributed by atoms with Gasteiger partial charge in [-0.3, -0.25) is 9.59 Å². The van der Waals surface area contributed by atoms with Crippen molar-refractivity contribution in [3.63, 3.8) is 0 Å². The molecule has 1 fully saturated rings. The summed E-state index contributed by atoms with van der Waals surface area (Å²) in [4.78, 5) is 49.8. The molecule has 0 saturated heterocycles. The maximum absolute atomic E-state index is 10.9. The second kappa shape index (κ2) is 18.9. The molecule has 0 aromatic rings. The molecule has 13 heteroatoms. The summed E-state index contributed by atoms with van der Waals surface area (Å²) in [5.41, 5.74) is 0.0587. The zero-order valence-corrected chi connectivity index (χ0v) is 21.7. The number of carbonyl (C=O) groups is 5. The number of aliphatic hydroxyl groups excluding tert-OH is 3. The van der Waals surface area contributed by atoms with E-state index in [1.807, 2.05) is 6.08 Å². The molecule has 0 aliphatic heterocycles. The molecule has 0 heterocycles. The minimum atomic E-state index is -1.26. The number of rotatable bonds is 12. The molecule has 218 valence electrons. The molecule has 2 unspecified atom stereocenters. The number of aliphatic carboxylic acids is 5. The van der Waals surface area contributed by atoms with E-state index in [0.29, 0.717) is 42.9 Å². The fourth-order valence-corrected chi connectivity index (χ4v) is 3.59. The summed E-state index contributed by atoms with van der Waals surface area (Å²) >= 11 is 0. The van der Waals surface area contributed by atoms with E-state index in [-0.39, 0.29) is 43.5 Å². The van der Waals surface area contributed by atoms with Crippen molar-refractivity contribution in [2.75, 3.05) is 19.8 Å². The van der Waals surface area contributed by atoms with Crippen LogP contribution < -0.4 is 0 Å². The van der Waals surface area contributed by atoms with Gasteiger partial charge in [0.15, 0.2) is 0 Å².